The summed E-state index contributed by atoms with van der Waals surface area (Å²) in [7, 11) is 0. The van der Waals surface area contributed by atoms with E-state index in [1.54, 1.807) is 30.3 Å². The van der Waals surface area contributed by atoms with Crippen molar-refractivity contribution in [2.45, 2.75) is 6.54 Å². The minimum Gasteiger partial charge on any atom is -0.440 e. The highest BCUT2D eigenvalue weighted by atomic mass is 16.5. The fourth-order valence-corrected chi connectivity index (χ4v) is 4.63. The molecule has 0 bridgehead atoms. The first-order valence-corrected chi connectivity index (χ1v) is 11.5. The van der Waals surface area contributed by atoms with E-state index < -0.39 is 0 Å². The van der Waals surface area contributed by atoms with Crippen LogP contribution in [0.4, 0.5) is 5.88 Å². The van der Waals surface area contributed by atoms with Gasteiger partial charge < -0.3 is 14.1 Å². The Balaban J connectivity index is 1.24. The number of hydrogen-bond donors (Lipinski definition) is 0. The number of hydrogen-bond acceptors (Lipinski definition) is 6. The lowest BCUT2D eigenvalue weighted by atomic mass is 10.0. The molecule has 7 heteroatoms. The summed E-state index contributed by atoms with van der Waals surface area (Å²) in [5, 5.41) is 0.523. The lowest BCUT2D eigenvalue weighted by Crippen LogP contribution is -2.36. The van der Waals surface area contributed by atoms with Gasteiger partial charge in [-0.1, -0.05) is 42.5 Å². The molecule has 2 aliphatic heterocycles. The standard InChI is InChI=1S/C28H22N2O5/c31-24-16-26(29-11-13-34-14-12-29)35-25-10-9-20(15-23(24)25)19-7-5-18(6-8-19)17-30-27(32)21-3-1-2-4-22(21)28(30)33/h1-10,15-16H,11-14,17H2. The molecule has 6 rings (SSSR count). The van der Waals surface area contributed by atoms with E-state index in [-0.39, 0.29) is 23.8 Å². The fraction of sp³-hybridized carbons (Fsp3) is 0.179. The Kier molecular flexibility index (Phi) is 5.19. The largest absolute Gasteiger partial charge is 0.440 e. The van der Waals surface area contributed by atoms with E-state index in [1.165, 1.54) is 4.90 Å². The number of amides is 2. The second-order valence-electron chi connectivity index (χ2n) is 8.70. The minimum atomic E-state index is -0.271. The Morgan fingerprint density at radius 2 is 1.40 bits per heavy atom. The quantitative estimate of drug-likeness (QED) is 0.422. The van der Waals surface area contributed by atoms with Crippen LogP contribution in [0.15, 0.2) is 82.0 Å². The molecule has 0 aliphatic carbocycles. The second kappa shape index (κ2) is 8.52. The number of imide groups is 1. The van der Waals surface area contributed by atoms with Crippen molar-refractivity contribution < 1.29 is 18.7 Å². The van der Waals surface area contributed by atoms with Gasteiger partial charge in [0.1, 0.15) is 5.58 Å². The zero-order valence-corrected chi connectivity index (χ0v) is 18.9. The molecule has 2 aliphatic rings. The van der Waals surface area contributed by atoms with Crippen molar-refractivity contribution in [2.75, 3.05) is 31.2 Å². The summed E-state index contributed by atoms with van der Waals surface area (Å²) >= 11 is 0. The topological polar surface area (TPSA) is 80.1 Å². The third-order valence-corrected chi connectivity index (χ3v) is 6.54. The van der Waals surface area contributed by atoms with Gasteiger partial charge in [0.05, 0.1) is 36.3 Å². The Morgan fingerprint density at radius 1 is 0.743 bits per heavy atom. The fourth-order valence-electron chi connectivity index (χ4n) is 4.63. The highest BCUT2D eigenvalue weighted by Crippen LogP contribution is 2.28. The first kappa shape index (κ1) is 21.3. The monoisotopic (exact) mass is 466 g/mol. The molecule has 3 heterocycles. The summed E-state index contributed by atoms with van der Waals surface area (Å²) in [6.45, 7) is 2.82. The number of benzene rings is 3. The number of carbonyl (C=O) groups is 2. The van der Waals surface area contributed by atoms with Crippen LogP contribution in [-0.2, 0) is 11.3 Å². The maximum atomic E-state index is 12.8. The van der Waals surface area contributed by atoms with Crippen LogP contribution in [0.25, 0.3) is 22.1 Å². The van der Waals surface area contributed by atoms with Crippen molar-refractivity contribution in [3.8, 4) is 11.1 Å². The third-order valence-electron chi connectivity index (χ3n) is 6.54. The summed E-state index contributed by atoms with van der Waals surface area (Å²) in [5.74, 6) is 0.0239. The van der Waals surface area contributed by atoms with Gasteiger partial charge in [0.15, 0.2) is 11.3 Å². The van der Waals surface area contributed by atoms with Gasteiger partial charge in [0.25, 0.3) is 11.8 Å². The number of nitrogens with zero attached hydrogens (tertiary/aromatic N) is 2. The highest BCUT2D eigenvalue weighted by Gasteiger charge is 2.34. The van der Waals surface area contributed by atoms with Crippen molar-refractivity contribution in [1.82, 2.24) is 4.90 Å². The van der Waals surface area contributed by atoms with Crippen LogP contribution in [-0.4, -0.2) is 43.0 Å². The number of rotatable bonds is 4. The van der Waals surface area contributed by atoms with E-state index in [2.05, 4.69) is 0 Å². The lowest BCUT2D eigenvalue weighted by molar-refractivity contribution is 0.0642. The van der Waals surface area contributed by atoms with Crippen LogP contribution >= 0.6 is 0 Å². The molecular weight excluding hydrogens is 444 g/mol. The van der Waals surface area contributed by atoms with Gasteiger partial charge in [-0.2, -0.15) is 0 Å². The number of anilines is 1. The molecule has 1 saturated heterocycles. The number of ether oxygens (including phenoxy) is 1. The summed E-state index contributed by atoms with van der Waals surface area (Å²) in [4.78, 5) is 41.4. The average molecular weight is 466 g/mol. The molecule has 0 radical (unpaired) electrons. The summed E-state index contributed by atoms with van der Waals surface area (Å²) < 4.78 is 11.4. The van der Waals surface area contributed by atoms with E-state index >= 15 is 0 Å². The molecule has 3 aromatic carbocycles. The van der Waals surface area contributed by atoms with E-state index in [9.17, 15) is 14.4 Å². The van der Waals surface area contributed by atoms with E-state index in [4.69, 9.17) is 9.15 Å². The Bertz CT molecular complexity index is 1480. The van der Waals surface area contributed by atoms with Gasteiger partial charge in [-0.3, -0.25) is 19.3 Å². The predicted octanol–water partition coefficient (Wildman–Crippen LogP) is 4.09. The van der Waals surface area contributed by atoms with Crippen LogP contribution in [0.3, 0.4) is 0 Å². The number of morpholine rings is 1. The molecule has 7 nitrogen and oxygen atoms in total. The van der Waals surface area contributed by atoms with E-state index in [0.29, 0.717) is 54.3 Å². The van der Waals surface area contributed by atoms with Crippen molar-refractivity contribution in [2.24, 2.45) is 0 Å². The maximum absolute atomic E-state index is 12.8. The molecule has 1 fully saturated rings. The minimum absolute atomic E-state index is 0.0863. The molecule has 1 aromatic heterocycles. The Labute approximate surface area is 201 Å². The molecule has 0 spiro atoms. The molecule has 0 unspecified atom stereocenters. The van der Waals surface area contributed by atoms with Gasteiger partial charge in [0, 0.05) is 19.2 Å². The molecule has 35 heavy (non-hydrogen) atoms. The molecule has 0 atom stereocenters. The molecule has 174 valence electrons. The van der Waals surface area contributed by atoms with E-state index in [0.717, 1.165) is 16.7 Å². The lowest BCUT2D eigenvalue weighted by Gasteiger charge is -2.27. The van der Waals surface area contributed by atoms with E-state index in [1.807, 2.05) is 47.4 Å². The first-order valence-electron chi connectivity index (χ1n) is 11.5. The SMILES string of the molecule is O=C1c2ccccc2C(=O)N1Cc1ccc(-c2ccc3oc(N4CCOCC4)cc(=O)c3c2)cc1. The first-order chi connectivity index (χ1) is 17.1. The molecule has 4 aromatic rings. The maximum Gasteiger partial charge on any atom is 0.261 e. The van der Waals surface area contributed by atoms with Crippen molar-refractivity contribution in [3.63, 3.8) is 0 Å². The zero-order valence-electron chi connectivity index (χ0n) is 18.9. The highest BCUT2D eigenvalue weighted by molar-refractivity contribution is 6.21. The molecular formula is C28H22N2O5. The predicted molar refractivity (Wildman–Crippen MR) is 132 cm³/mol. The third kappa shape index (κ3) is 3.80. The van der Waals surface area contributed by atoms with Crippen LogP contribution in [0.5, 0.6) is 0 Å². The van der Waals surface area contributed by atoms with Gasteiger partial charge in [0.2, 0.25) is 0 Å². The van der Waals surface area contributed by atoms with Crippen LogP contribution in [0.2, 0.25) is 0 Å². The zero-order chi connectivity index (χ0) is 23.9. The van der Waals surface area contributed by atoms with Crippen LogP contribution < -0.4 is 10.3 Å². The second-order valence-corrected chi connectivity index (χ2v) is 8.70. The van der Waals surface area contributed by atoms with Crippen LogP contribution in [0.1, 0.15) is 26.3 Å². The summed E-state index contributed by atoms with van der Waals surface area (Å²) in [6.07, 6.45) is 0. The molecule has 0 saturated carbocycles. The van der Waals surface area contributed by atoms with Gasteiger partial charge >= 0.3 is 0 Å². The number of fused-ring (bicyclic) bond motifs is 2. The number of carbonyl (C=O) groups excluding carboxylic acids is 2. The van der Waals surface area contributed by atoms with Crippen molar-refractivity contribution in [3.05, 3.63) is 99.7 Å². The summed E-state index contributed by atoms with van der Waals surface area (Å²) in [5.41, 5.74) is 4.01. The van der Waals surface area contributed by atoms with Gasteiger partial charge in [-0.15, -0.1) is 0 Å². The normalized spacial score (nSPS) is 15.7. The van der Waals surface area contributed by atoms with Gasteiger partial charge in [-0.05, 0) is 41.0 Å². The van der Waals surface area contributed by atoms with Crippen molar-refractivity contribution >= 4 is 28.7 Å². The Morgan fingerprint density at radius 3 is 2.09 bits per heavy atom. The molecule has 0 N–H and O–H groups in total. The Hall–Kier alpha value is -4.23. The average Bonchev–Trinajstić information content (AvgIpc) is 3.14. The summed E-state index contributed by atoms with van der Waals surface area (Å²) in [6, 6.07) is 21.7. The van der Waals surface area contributed by atoms with Crippen LogP contribution in [0, 0.1) is 0 Å². The van der Waals surface area contributed by atoms with Gasteiger partial charge in [-0.25, -0.2) is 0 Å². The molecule has 2 amide bonds. The smallest absolute Gasteiger partial charge is 0.261 e. The van der Waals surface area contributed by atoms with Crippen molar-refractivity contribution in [1.29, 1.82) is 0 Å².